The van der Waals surface area contributed by atoms with Crippen molar-refractivity contribution in [1.82, 2.24) is 0 Å². The van der Waals surface area contributed by atoms with E-state index in [1.807, 2.05) is 6.07 Å². The van der Waals surface area contributed by atoms with E-state index in [1.54, 1.807) is 0 Å². The van der Waals surface area contributed by atoms with Gasteiger partial charge in [0.1, 0.15) is 0 Å². The minimum atomic E-state index is 1.08. The molecule has 0 aliphatic rings. The lowest BCUT2D eigenvalue weighted by atomic mass is 10.0. The third kappa shape index (κ3) is 6.22. The lowest BCUT2D eigenvalue weighted by Gasteiger charge is -2.03. The van der Waals surface area contributed by atoms with Crippen LogP contribution in [0.3, 0.4) is 0 Å². The maximum atomic E-state index is 4.36. The van der Waals surface area contributed by atoms with Crippen molar-refractivity contribution in [3.05, 3.63) is 29.8 Å². The normalized spacial score (nSPS) is 10.6. The van der Waals surface area contributed by atoms with Gasteiger partial charge in [0.15, 0.2) is 0 Å². The molecule has 0 heterocycles. The van der Waals surface area contributed by atoms with Crippen molar-refractivity contribution in [2.45, 2.75) is 63.2 Å². The Hall–Kier alpha value is -0.430. The molecular formula is C15H24S. The van der Waals surface area contributed by atoms with Crippen molar-refractivity contribution in [3.63, 3.8) is 0 Å². The summed E-state index contributed by atoms with van der Waals surface area (Å²) in [7, 11) is 0. The molecule has 16 heavy (non-hydrogen) atoms. The van der Waals surface area contributed by atoms with Gasteiger partial charge in [0.2, 0.25) is 0 Å². The molecule has 0 nitrogen and oxygen atoms in total. The zero-order chi connectivity index (χ0) is 11.6. The zero-order valence-electron chi connectivity index (χ0n) is 10.4. The molecule has 0 fully saturated rings. The van der Waals surface area contributed by atoms with Crippen LogP contribution in [-0.2, 0) is 6.42 Å². The van der Waals surface area contributed by atoms with Gasteiger partial charge < -0.3 is 0 Å². The van der Waals surface area contributed by atoms with Crippen LogP contribution in [-0.4, -0.2) is 0 Å². The number of hydrogen-bond donors (Lipinski definition) is 1. The summed E-state index contributed by atoms with van der Waals surface area (Å²) in [5.41, 5.74) is 1.43. The van der Waals surface area contributed by atoms with E-state index in [1.165, 1.54) is 56.9 Å². The van der Waals surface area contributed by atoms with E-state index in [4.69, 9.17) is 0 Å². The molecule has 90 valence electrons. The summed E-state index contributed by atoms with van der Waals surface area (Å²) in [5, 5.41) is 0. The first kappa shape index (κ1) is 13.6. The Morgan fingerprint density at radius 2 is 1.62 bits per heavy atom. The molecule has 1 aromatic carbocycles. The van der Waals surface area contributed by atoms with Crippen molar-refractivity contribution in [2.75, 3.05) is 0 Å². The topological polar surface area (TPSA) is 0 Å². The predicted octanol–water partition coefficient (Wildman–Crippen LogP) is 5.27. The van der Waals surface area contributed by atoms with E-state index in [0.29, 0.717) is 0 Å². The highest BCUT2D eigenvalue weighted by atomic mass is 32.1. The van der Waals surface area contributed by atoms with Gasteiger partial charge in [-0.15, -0.1) is 12.6 Å². The van der Waals surface area contributed by atoms with Gasteiger partial charge in [-0.3, -0.25) is 0 Å². The standard InChI is InChI=1S/C15H24S/c1-2-3-4-5-6-7-8-10-14-11-9-12-15(16)13-14/h9,11-13,16H,2-8,10H2,1H3. The second kappa shape index (κ2) is 8.69. The summed E-state index contributed by atoms with van der Waals surface area (Å²) < 4.78 is 0. The Balaban J connectivity index is 2.03. The van der Waals surface area contributed by atoms with Gasteiger partial charge in [-0.05, 0) is 30.5 Å². The second-order valence-electron chi connectivity index (χ2n) is 4.54. The molecule has 0 aliphatic heterocycles. The number of aryl methyl sites for hydroxylation is 1. The third-order valence-electron chi connectivity index (χ3n) is 2.98. The maximum absolute atomic E-state index is 4.36. The van der Waals surface area contributed by atoms with Crippen LogP contribution in [0.2, 0.25) is 0 Å². The highest BCUT2D eigenvalue weighted by molar-refractivity contribution is 7.80. The summed E-state index contributed by atoms with van der Waals surface area (Å²) in [6, 6.07) is 8.52. The van der Waals surface area contributed by atoms with Crippen LogP contribution in [0.5, 0.6) is 0 Å². The number of unbranched alkanes of at least 4 members (excludes halogenated alkanes) is 6. The third-order valence-corrected chi connectivity index (χ3v) is 3.26. The molecule has 0 bridgehead atoms. The van der Waals surface area contributed by atoms with Gasteiger partial charge in [-0.25, -0.2) is 0 Å². The average molecular weight is 236 g/mol. The average Bonchev–Trinajstić information content (AvgIpc) is 2.28. The van der Waals surface area contributed by atoms with E-state index in [2.05, 4.69) is 37.8 Å². The fraction of sp³-hybridized carbons (Fsp3) is 0.600. The summed E-state index contributed by atoms with van der Waals surface area (Å²) in [6.45, 7) is 2.27. The maximum Gasteiger partial charge on any atom is 0.00427 e. The lowest BCUT2D eigenvalue weighted by Crippen LogP contribution is -1.86. The lowest BCUT2D eigenvalue weighted by molar-refractivity contribution is 0.589. The van der Waals surface area contributed by atoms with Crippen molar-refractivity contribution >= 4 is 12.6 Å². The van der Waals surface area contributed by atoms with Crippen molar-refractivity contribution in [1.29, 1.82) is 0 Å². The summed E-state index contributed by atoms with van der Waals surface area (Å²) in [5.74, 6) is 0. The number of rotatable bonds is 8. The summed E-state index contributed by atoms with van der Waals surface area (Å²) in [6.07, 6.45) is 10.9. The highest BCUT2D eigenvalue weighted by Crippen LogP contribution is 2.13. The number of thiol groups is 1. The molecule has 0 atom stereocenters. The van der Waals surface area contributed by atoms with Gasteiger partial charge in [0.05, 0.1) is 0 Å². The second-order valence-corrected chi connectivity index (χ2v) is 5.06. The fourth-order valence-corrected chi connectivity index (χ4v) is 2.25. The van der Waals surface area contributed by atoms with Crippen LogP contribution in [0, 0.1) is 0 Å². The van der Waals surface area contributed by atoms with Crippen molar-refractivity contribution in [2.24, 2.45) is 0 Å². The molecule has 0 aliphatic carbocycles. The minimum Gasteiger partial charge on any atom is -0.143 e. The molecule has 0 aromatic heterocycles. The first-order valence-corrected chi connectivity index (χ1v) is 7.05. The van der Waals surface area contributed by atoms with E-state index in [0.717, 1.165) is 4.90 Å². The quantitative estimate of drug-likeness (QED) is 0.461. The highest BCUT2D eigenvalue weighted by Gasteiger charge is 1.94. The van der Waals surface area contributed by atoms with E-state index in [-0.39, 0.29) is 0 Å². The van der Waals surface area contributed by atoms with Crippen LogP contribution < -0.4 is 0 Å². The SMILES string of the molecule is CCCCCCCCCc1cccc(S)c1. The fourth-order valence-electron chi connectivity index (χ4n) is 2.00. The van der Waals surface area contributed by atoms with Crippen LogP contribution in [0.4, 0.5) is 0 Å². The van der Waals surface area contributed by atoms with E-state index in [9.17, 15) is 0 Å². The van der Waals surface area contributed by atoms with Gasteiger partial charge in [0.25, 0.3) is 0 Å². The molecule has 0 radical (unpaired) electrons. The molecule has 0 saturated heterocycles. The predicted molar refractivity (Wildman–Crippen MR) is 75.4 cm³/mol. The molecular weight excluding hydrogens is 212 g/mol. The number of hydrogen-bond acceptors (Lipinski definition) is 1. The molecule has 1 aromatic rings. The smallest absolute Gasteiger partial charge is 0.00427 e. The summed E-state index contributed by atoms with van der Waals surface area (Å²) >= 11 is 4.36. The first-order valence-electron chi connectivity index (χ1n) is 6.61. The Morgan fingerprint density at radius 1 is 0.938 bits per heavy atom. The molecule has 1 heteroatoms. The summed E-state index contributed by atoms with van der Waals surface area (Å²) in [4.78, 5) is 1.08. The number of benzene rings is 1. The van der Waals surface area contributed by atoms with E-state index < -0.39 is 0 Å². The van der Waals surface area contributed by atoms with Crippen molar-refractivity contribution in [3.8, 4) is 0 Å². The molecule has 0 N–H and O–H groups in total. The molecule has 0 spiro atoms. The molecule has 0 unspecified atom stereocenters. The molecule has 0 amide bonds. The Labute approximate surface area is 106 Å². The van der Waals surface area contributed by atoms with Crippen LogP contribution in [0.25, 0.3) is 0 Å². The van der Waals surface area contributed by atoms with Crippen LogP contribution in [0.15, 0.2) is 29.2 Å². The zero-order valence-corrected chi connectivity index (χ0v) is 11.3. The largest absolute Gasteiger partial charge is 0.143 e. The first-order chi connectivity index (χ1) is 7.83. The Bertz CT molecular complexity index is 281. The molecule has 0 saturated carbocycles. The Kier molecular flexibility index (Phi) is 7.41. The van der Waals surface area contributed by atoms with E-state index >= 15 is 0 Å². The minimum absolute atomic E-state index is 1.08. The molecule has 1 rings (SSSR count). The van der Waals surface area contributed by atoms with Crippen LogP contribution in [0.1, 0.15) is 57.4 Å². The Morgan fingerprint density at radius 3 is 2.31 bits per heavy atom. The van der Waals surface area contributed by atoms with Crippen molar-refractivity contribution < 1.29 is 0 Å². The van der Waals surface area contributed by atoms with Gasteiger partial charge >= 0.3 is 0 Å². The van der Waals surface area contributed by atoms with Gasteiger partial charge in [-0.2, -0.15) is 0 Å². The monoisotopic (exact) mass is 236 g/mol. The van der Waals surface area contributed by atoms with Gasteiger partial charge in [0, 0.05) is 4.90 Å². The van der Waals surface area contributed by atoms with Gasteiger partial charge in [-0.1, -0.05) is 57.6 Å². The van der Waals surface area contributed by atoms with Crippen LogP contribution >= 0.6 is 12.6 Å².